The number of hydrogen-bond donors (Lipinski definition) is 0. The molecule has 0 radical (unpaired) electrons. The first-order valence-electron chi connectivity index (χ1n) is 6.97. The molecule has 0 saturated carbocycles. The summed E-state index contributed by atoms with van der Waals surface area (Å²) in [4.78, 5) is 4.55. The Labute approximate surface area is 116 Å². The van der Waals surface area contributed by atoms with E-state index in [1.165, 1.54) is 23.1 Å². The third-order valence-corrected chi connectivity index (χ3v) is 3.43. The molecule has 0 aliphatic carbocycles. The standard InChI is InChI=1S/C18H23N/c1-14-8-7-13-19-17(14)16-10-6-5-9-15(16)11-12-18(2,3)4/h5-10,13H,11-12H2,1-4H3. The van der Waals surface area contributed by atoms with Crippen LogP contribution in [0, 0.1) is 12.3 Å². The normalized spacial score (nSPS) is 11.6. The lowest BCUT2D eigenvalue weighted by atomic mass is 9.87. The maximum atomic E-state index is 4.55. The second kappa shape index (κ2) is 5.56. The summed E-state index contributed by atoms with van der Waals surface area (Å²) in [5, 5.41) is 0. The van der Waals surface area contributed by atoms with Crippen LogP contribution in [0.25, 0.3) is 11.3 Å². The molecular weight excluding hydrogens is 230 g/mol. The average Bonchev–Trinajstić information content (AvgIpc) is 2.37. The highest BCUT2D eigenvalue weighted by atomic mass is 14.7. The Balaban J connectivity index is 2.34. The van der Waals surface area contributed by atoms with Gasteiger partial charge in [0, 0.05) is 11.8 Å². The summed E-state index contributed by atoms with van der Waals surface area (Å²) in [5.74, 6) is 0. The molecule has 19 heavy (non-hydrogen) atoms. The van der Waals surface area contributed by atoms with Crippen molar-refractivity contribution in [2.45, 2.75) is 40.5 Å². The van der Waals surface area contributed by atoms with Crippen LogP contribution < -0.4 is 0 Å². The summed E-state index contributed by atoms with van der Waals surface area (Å²) in [6.07, 6.45) is 4.18. The fraction of sp³-hybridized carbons (Fsp3) is 0.389. The zero-order valence-corrected chi connectivity index (χ0v) is 12.4. The Morgan fingerprint density at radius 1 is 1.00 bits per heavy atom. The summed E-state index contributed by atoms with van der Waals surface area (Å²) >= 11 is 0. The zero-order chi connectivity index (χ0) is 13.9. The van der Waals surface area contributed by atoms with Gasteiger partial charge in [-0.25, -0.2) is 0 Å². The van der Waals surface area contributed by atoms with E-state index in [1.54, 1.807) is 0 Å². The minimum atomic E-state index is 0.367. The van der Waals surface area contributed by atoms with Gasteiger partial charge in [-0.15, -0.1) is 0 Å². The lowest BCUT2D eigenvalue weighted by molar-refractivity contribution is 0.378. The molecule has 1 aromatic carbocycles. The second-order valence-corrected chi connectivity index (χ2v) is 6.39. The minimum Gasteiger partial charge on any atom is -0.256 e. The molecule has 0 atom stereocenters. The second-order valence-electron chi connectivity index (χ2n) is 6.39. The highest BCUT2D eigenvalue weighted by Crippen LogP contribution is 2.28. The van der Waals surface area contributed by atoms with Crippen LogP contribution in [0.3, 0.4) is 0 Å². The molecule has 100 valence electrons. The Bertz CT molecular complexity index is 550. The topological polar surface area (TPSA) is 12.9 Å². The molecule has 0 N–H and O–H groups in total. The molecule has 0 fully saturated rings. The van der Waals surface area contributed by atoms with E-state index in [0.717, 1.165) is 12.1 Å². The number of pyridine rings is 1. The van der Waals surface area contributed by atoms with Crippen molar-refractivity contribution in [3.05, 3.63) is 53.7 Å². The van der Waals surface area contributed by atoms with Gasteiger partial charge in [-0.3, -0.25) is 4.98 Å². The first-order valence-corrected chi connectivity index (χ1v) is 6.97. The molecule has 2 aromatic rings. The molecule has 0 saturated heterocycles. The maximum Gasteiger partial charge on any atom is 0.0733 e. The third kappa shape index (κ3) is 3.66. The van der Waals surface area contributed by atoms with Crippen molar-refractivity contribution in [3.63, 3.8) is 0 Å². The van der Waals surface area contributed by atoms with Gasteiger partial charge in [-0.1, -0.05) is 51.1 Å². The molecule has 0 bridgehead atoms. The molecule has 0 aliphatic heterocycles. The van der Waals surface area contributed by atoms with Crippen molar-refractivity contribution in [2.75, 3.05) is 0 Å². The van der Waals surface area contributed by atoms with Crippen LogP contribution in [0.5, 0.6) is 0 Å². The minimum absolute atomic E-state index is 0.367. The van der Waals surface area contributed by atoms with E-state index < -0.39 is 0 Å². The molecule has 0 unspecified atom stereocenters. The largest absolute Gasteiger partial charge is 0.256 e. The molecule has 0 amide bonds. The van der Waals surface area contributed by atoms with Gasteiger partial charge in [0.25, 0.3) is 0 Å². The third-order valence-electron chi connectivity index (χ3n) is 3.43. The SMILES string of the molecule is Cc1cccnc1-c1ccccc1CCC(C)(C)C. The fourth-order valence-corrected chi connectivity index (χ4v) is 2.25. The van der Waals surface area contributed by atoms with Gasteiger partial charge in [0.05, 0.1) is 5.69 Å². The number of aromatic nitrogens is 1. The fourth-order valence-electron chi connectivity index (χ4n) is 2.25. The highest BCUT2D eigenvalue weighted by molar-refractivity contribution is 5.66. The number of nitrogens with zero attached hydrogens (tertiary/aromatic N) is 1. The van der Waals surface area contributed by atoms with Gasteiger partial charge < -0.3 is 0 Å². The molecule has 0 aliphatic rings. The van der Waals surface area contributed by atoms with E-state index in [1.807, 2.05) is 12.3 Å². The van der Waals surface area contributed by atoms with Crippen LogP contribution in [0.1, 0.15) is 38.3 Å². The molecular formula is C18H23N. The molecule has 1 heterocycles. The summed E-state index contributed by atoms with van der Waals surface area (Å²) in [6, 6.07) is 12.8. The van der Waals surface area contributed by atoms with E-state index in [4.69, 9.17) is 0 Å². The highest BCUT2D eigenvalue weighted by Gasteiger charge is 2.13. The smallest absolute Gasteiger partial charge is 0.0733 e. The van der Waals surface area contributed by atoms with Crippen LogP contribution in [-0.4, -0.2) is 4.98 Å². The molecule has 2 rings (SSSR count). The Morgan fingerprint density at radius 3 is 2.42 bits per heavy atom. The predicted molar refractivity (Wildman–Crippen MR) is 82.2 cm³/mol. The lowest BCUT2D eigenvalue weighted by Crippen LogP contribution is -2.07. The van der Waals surface area contributed by atoms with Crippen LogP contribution in [0.2, 0.25) is 0 Å². The number of benzene rings is 1. The monoisotopic (exact) mass is 253 g/mol. The molecule has 1 heteroatoms. The first-order chi connectivity index (χ1) is 8.97. The zero-order valence-electron chi connectivity index (χ0n) is 12.4. The molecule has 0 spiro atoms. The first kappa shape index (κ1) is 13.8. The van der Waals surface area contributed by atoms with Crippen LogP contribution in [0.4, 0.5) is 0 Å². The Kier molecular flexibility index (Phi) is 4.04. The Morgan fingerprint density at radius 2 is 1.74 bits per heavy atom. The van der Waals surface area contributed by atoms with Gasteiger partial charge in [0.2, 0.25) is 0 Å². The van der Waals surface area contributed by atoms with Gasteiger partial charge in [0.15, 0.2) is 0 Å². The number of hydrogen-bond acceptors (Lipinski definition) is 1. The van der Waals surface area contributed by atoms with Crippen molar-refractivity contribution in [1.82, 2.24) is 4.98 Å². The van der Waals surface area contributed by atoms with E-state index in [9.17, 15) is 0 Å². The van der Waals surface area contributed by atoms with E-state index in [-0.39, 0.29) is 0 Å². The van der Waals surface area contributed by atoms with Crippen molar-refractivity contribution in [2.24, 2.45) is 5.41 Å². The Hall–Kier alpha value is -1.63. The van der Waals surface area contributed by atoms with Crippen molar-refractivity contribution >= 4 is 0 Å². The summed E-state index contributed by atoms with van der Waals surface area (Å²) in [7, 11) is 0. The predicted octanol–water partition coefficient (Wildman–Crippen LogP) is 5.04. The van der Waals surface area contributed by atoms with Crippen LogP contribution >= 0.6 is 0 Å². The van der Waals surface area contributed by atoms with Gasteiger partial charge in [-0.05, 0) is 42.4 Å². The van der Waals surface area contributed by atoms with Crippen LogP contribution in [-0.2, 0) is 6.42 Å². The summed E-state index contributed by atoms with van der Waals surface area (Å²) in [6.45, 7) is 9.01. The van der Waals surface area contributed by atoms with Crippen molar-refractivity contribution < 1.29 is 0 Å². The quantitative estimate of drug-likeness (QED) is 0.747. The van der Waals surface area contributed by atoms with Crippen molar-refractivity contribution in [1.29, 1.82) is 0 Å². The lowest BCUT2D eigenvalue weighted by Gasteiger charge is -2.19. The molecule has 1 aromatic heterocycles. The van der Waals surface area contributed by atoms with Crippen molar-refractivity contribution in [3.8, 4) is 11.3 Å². The number of aryl methyl sites for hydroxylation is 2. The summed E-state index contributed by atoms with van der Waals surface area (Å²) in [5.41, 5.74) is 5.41. The van der Waals surface area contributed by atoms with Gasteiger partial charge in [0.1, 0.15) is 0 Å². The maximum absolute atomic E-state index is 4.55. The van der Waals surface area contributed by atoms with E-state index in [0.29, 0.717) is 5.41 Å². The average molecular weight is 253 g/mol. The van der Waals surface area contributed by atoms with E-state index >= 15 is 0 Å². The van der Waals surface area contributed by atoms with Gasteiger partial charge in [-0.2, -0.15) is 0 Å². The van der Waals surface area contributed by atoms with Gasteiger partial charge >= 0.3 is 0 Å². The van der Waals surface area contributed by atoms with E-state index in [2.05, 4.69) is 63.0 Å². The summed E-state index contributed by atoms with van der Waals surface area (Å²) < 4.78 is 0. The number of rotatable bonds is 3. The van der Waals surface area contributed by atoms with Crippen LogP contribution in [0.15, 0.2) is 42.6 Å². The molecule has 1 nitrogen and oxygen atoms in total.